The number of hydrogen-bond donors (Lipinski definition) is 1. The van der Waals surface area contributed by atoms with Crippen molar-refractivity contribution in [1.82, 2.24) is 14.5 Å². The molecule has 0 unspecified atom stereocenters. The fourth-order valence-corrected chi connectivity index (χ4v) is 4.44. The number of carbonyl (C=O) groups excluding carboxylic acids is 1. The first-order valence-electron chi connectivity index (χ1n) is 10.2. The Morgan fingerprint density at radius 2 is 2.06 bits per heavy atom. The van der Waals surface area contributed by atoms with Gasteiger partial charge in [-0.05, 0) is 43.2 Å². The number of hydrogen-bond acceptors (Lipinski definition) is 6. The predicted molar refractivity (Wildman–Crippen MR) is 123 cm³/mol. The van der Waals surface area contributed by atoms with Crippen LogP contribution in [-0.4, -0.2) is 27.7 Å². The summed E-state index contributed by atoms with van der Waals surface area (Å²) in [7, 11) is 1.48. The van der Waals surface area contributed by atoms with Gasteiger partial charge in [0, 0.05) is 12.6 Å². The van der Waals surface area contributed by atoms with Gasteiger partial charge in [-0.2, -0.15) is 0 Å². The van der Waals surface area contributed by atoms with Crippen LogP contribution >= 0.6 is 11.3 Å². The van der Waals surface area contributed by atoms with E-state index in [2.05, 4.69) is 26.8 Å². The highest BCUT2D eigenvalue weighted by molar-refractivity contribution is 7.19. The minimum Gasteiger partial charge on any atom is -0.496 e. The molecule has 0 atom stereocenters. The minimum absolute atomic E-state index is 0.125. The summed E-state index contributed by atoms with van der Waals surface area (Å²) in [6, 6.07) is 10.1. The standard InChI is InChI=1S/C23H23FN4O3S/c1-4-17-22(32-21(26-17)16-8-7-15(24)11-20(16)30-3)27-23(29)31-12-14-6-9-19-18(10-14)25-13-28(19)5-2/h6-11,13H,4-5,12H2,1-3H3,(H,27,29). The molecule has 2 aromatic carbocycles. The molecule has 4 rings (SSSR count). The predicted octanol–water partition coefficient (Wildman–Crippen LogP) is 5.64. The molecule has 166 valence electrons. The summed E-state index contributed by atoms with van der Waals surface area (Å²) in [5.74, 6) is -0.00381. The first kappa shape index (κ1) is 21.8. The van der Waals surface area contributed by atoms with Crippen LogP contribution in [0.1, 0.15) is 25.1 Å². The molecule has 0 aliphatic rings. The first-order valence-corrected chi connectivity index (χ1v) is 11.0. The van der Waals surface area contributed by atoms with Gasteiger partial charge in [-0.15, -0.1) is 0 Å². The lowest BCUT2D eigenvalue weighted by Crippen LogP contribution is -2.13. The number of halogens is 1. The van der Waals surface area contributed by atoms with Gasteiger partial charge in [0.05, 0.1) is 35.7 Å². The number of carbonyl (C=O) groups is 1. The molecule has 0 radical (unpaired) electrons. The van der Waals surface area contributed by atoms with Crippen molar-refractivity contribution in [2.24, 2.45) is 0 Å². The number of aromatic nitrogens is 3. The summed E-state index contributed by atoms with van der Waals surface area (Å²) in [6.07, 6.45) is 1.85. The average molecular weight is 455 g/mol. The van der Waals surface area contributed by atoms with Gasteiger partial charge in [0.1, 0.15) is 28.2 Å². The number of anilines is 1. The van der Waals surface area contributed by atoms with Crippen molar-refractivity contribution < 1.29 is 18.7 Å². The Morgan fingerprint density at radius 1 is 1.22 bits per heavy atom. The molecule has 4 aromatic rings. The highest BCUT2D eigenvalue weighted by Gasteiger charge is 2.17. The van der Waals surface area contributed by atoms with Crippen LogP contribution in [0.15, 0.2) is 42.7 Å². The lowest BCUT2D eigenvalue weighted by atomic mass is 10.2. The van der Waals surface area contributed by atoms with Gasteiger partial charge >= 0.3 is 6.09 Å². The molecule has 0 saturated carbocycles. The van der Waals surface area contributed by atoms with E-state index in [1.165, 1.54) is 30.6 Å². The van der Waals surface area contributed by atoms with Crippen LogP contribution in [0, 0.1) is 5.82 Å². The van der Waals surface area contributed by atoms with Gasteiger partial charge in [-0.1, -0.05) is 24.3 Å². The highest BCUT2D eigenvalue weighted by atomic mass is 32.1. The Morgan fingerprint density at radius 3 is 2.81 bits per heavy atom. The number of rotatable bonds is 7. The third-order valence-corrected chi connectivity index (χ3v) is 6.08. The number of imidazole rings is 1. The molecule has 1 amide bonds. The van der Waals surface area contributed by atoms with E-state index < -0.39 is 6.09 Å². The monoisotopic (exact) mass is 454 g/mol. The van der Waals surface area contributed by atoms with Crippen molar-refractivity contribution in [3.63, 3.8) is 0 Å². The molecular formula is C23H23FN4O3S. The number of ether oxygens (including phenoxy) is 2. The van der Waals surface area contributed by atoms with E-state index in [0.29, 0.717) is 27.7 Å². The molecule has 0 spiro atoms. The lowest BCUT2D eigenvalue weighted by Gasteiger charge is -2.07. The molecular weight excluding hydrogens is 431 g/mol. The summed E-state index contributed by atoms with van der Waals surface area (Å²) >= 11 is 1.29. The van der Waals surface area contributed by atoms with Crippen LogP contribution in [0.5, 0.6) is 5.75 Å². The number of fused-ring (bicyclic) bond motifs is 1. The smallest absolute Gasteiger partial charge is 0.412 e. The van der Waals surface area contributed by atoms with Crippen molar-refractivity contribution in [1.29, 1.82) is 0 Å². The minimum atomic E-state index is -0.569. The quantitative estimate of drug-likeness (QED) is 0.391. The van der Waals surface area contributed by atoms with Gasteiger partial charge in [-0.3, -0.25) is 5.32 Å². The summed E-state index contributed by atoms with van der Waals surface area (Å²) in [4.78, 5) is 21.4. The number of methoxy groups -OCH3 is 1. The van der Waals surface area contributed by atoms with E-state index in [-0.39, 0.29) is 12.4 Å². The molecule has 32 heavy (non-hydrogen) atoms. The Bertz CT molecular complexity index is 1270. The zero-order valence-electron chi connectivity index (χ0n) is 18.0. The summed E-state index contributed by atoms with van der Waals surface area (Å²) < 4.78 is 26.3. The van der Waals surface area contributed by atoms with Crippen LogP contribution in [-0.2, 0) is 24.3 Å². The zero-order chi connectivity index (χ0) is 22.7. The van der Waals surface area contributed by atoms with E-state index in [1.54, 1.807) is 12.4 Å². The highest BCUT2D eigenvalue weighted by Crippen LogP contribution is 2.37. The van der Waals surface area contributed by atoms with Crippen molar-refractivity contribution in [2.45, 2.75) is 33.4 Å². The number of nitrogens with one attached hydrogen (secondary N) is 1. The lowest BCUT2D eigenvalue weighted by molar-refractivity contribution is 0.155. The van der Waals surface area contributed by atoms with Crippen LogP contribution < -0.4 is 10.1 Å². The Hall–Kier alpha value is -3.46. The Kier molecular flexibility index (Phi) is 6.36. The van der Waals surface area contributed by atoms with Crippen LogP contribution in [0.3, 0.4) is 0 Å². The SMILES string of the molecule is CCc1nc(-c2ccc(F)cc2OC)sc1NC(=O)OCc1ccc2c(c1)ncn2CC. The second-order valence-corrected chi connectivity index (χ2v) is 8.05. The average Bonchev–Trinajstić information content (AvgIpc) is 3.40. The normalized spacial score (nSPS) is 11.0. The first-order chi connectivity index (χ1) is 15.5. The number of thiazole rings is 1. The molecule has 0 saturated heterocycles. The Balaban J connectivity index is 1.46. The van der Waals surface area contributed by atoms with Crippen molar-refractivity contribution in [3.05, 3.63) is 59.8 Å². The van der Waals surface area contributed by atoms with E-state index in [9.17, 15) is 9.18 Å². The summed E-state index contributed by atoms with van der Waals surface area (Å²) in [6.45, 7) is 4.97. The number of amides is 1. The van der Waals surface area contributed by atoms with Gasteiger partial charge < -0.3 is 14.0 Å². The maximum absolute atomic E-state index is 13.5. The largest absolute Gasteiger partial charge is 0.496 e. The Labute approximate surface area is 188 Å². The van der Waals surface area contributed by atoms with Gasteiger partial charge in [-0.25, -0.2) is 19.2 Å². The van der Waals surface area contributed by atoms with E-state index in [1.807, 2.05) is 25.1 Å². The number of nitrogens with zero attached hydrogens (tertiary/aromatic N) is 3. The molecule has 1 N–H and O–H groups in total. The second-order valence-electron chi connectivity index (χ2n) is 7.05. The molecule has 0 aliphatic heterocycles. The molecule has 0 aliphatic carbocycles. The number of benzene rings is 2. The van der Waals surface area contributed by atoms with Gasteiger partial charge in [0.25, 0.3) is 0 Å². The fourth-order valence-electron chi connectivity index (χ4n) is 3.37. The van der Waals surface area contributed by atoms with Crippen molar-refractivity contribution in [3.8, 4) is 16.3 Å². The van der Waals surface area contributed by atoms with Crippen molar-refractivity contribution >= 4 is 33.5 Å². The van der Waals surface area contributed by atoms with Crippen LogP contribution in [0.4, 0.5) is 14.2 Å². The maximum atomic E-state index is 13.5. The third kappa shape index (κ3) is 4.43. The molecule has 7 nitrogen and oxygen atoms in total. The van der Waals surface area contributed by atoms with E-state index in [0.717, 1.165) is 28.8 Å². The maximum Gasteiger partial charge on any atom is 0.412 e. The van der Waals surface area contributed by atoms with Crippen LogP contribution in [0.2, 0.25) is 0 Å². The molecule has 2 aromatic heterocycles. The third-order valence-electron chi connectivity index (χ3n) is 5.04. The van der Waals surface area contributed by atoms with E-state index >= 15 is 0 Å². The zero-order valence-corrected chi connectivity index (χ0v) is 18.8. The van der Waals surface area contributed by atoms with Crippen molar-refractivity contribution in [2.75, 3.05) is 12.4 Å². The fraction of sp³-hybridized carbons (Fsp3) is 0.261. The molecule has 0 bridgehead atoms. The second kappa shape index (κ2) is 9.35. The summed E-state index contributed by atoms with van der Waals surface area (Å²) in [5, 5.41) is 4.01. The van der Waals surface area contributed by atoms with Gasteiger partial charge in [0.15, 0.2) is 0 Å². The molecule has 2 heterocycles. The van der Waals surface area contributed by atoms with Gasteiger partial charge in [0.2, 0.25) is 0 Å². The van der Waals surface area contributed by atoms with E-state index in [4.69, 9.17) is 9.47 Å². The number of aryl methyl sites for hydroxylation is 2. The molecule has 0 fully saturated rings. The molecule has 9 heteroatoms. The topological polar surface area (TPSA) is 78.3 Å². The van der Waals surface area contributed by atoms with Crippen LogP contribution in [0.25, 0.3) is 21.6 Å². The summed E-state index contributed by atoms with van der Waals surface area (Å²) in [5.41, 5.74) is 4.14.